The summed E-state index contributed by atoms with van der Waals surface area (Å²) >= 11 is 0. The normalized spacial score (nSPS) is 15.0. The lowest BCUT2D eigenvalue weighted by atomic mass is 9.96. The Bertz CT molecular complexity index is 1320. The smallest absolute Gasteiger partial charge is 0.290 e. The molecule has 2 heterocycles. The van der Waals surface area contributed by atoms with Crippen molar-refractivity contribution in [2.75, 3.05) is 55.6 Å². The Balaban J connectivity index is 1.96. The molecule has 1 unspecified atom stereocenters. The summed E-state index contributed by atoms with van der Waals surface area (Å²) in [6.45, 7) is 1.19. The van der Waals surface area contributed by atoms with Crippen molar-refractivity contribution in [1.82, 2.24) is 9.80 Å². The van der Waals surface area contributed by atoms with Crippen molar-refractivity contribution in [2.45, 2.75) is 12.5 Å². The summed E-state index contributed by atoms with van der Waals surface area (Å²) in [6.07, 6.45) is 0.709. The molecule has 9 nitrogen and oxygen atoms in total. The fourth-order valence-electron chi connectivity index (χ4n) is 4.58. The molecular formula is C26H30N2O7. The van der Waals surface area contributed by atoms with Gasteiger partial charge in [-0.25, -0.2) is 0 Å². The van der Waals surface area contributed by atoms with E-state index in [1.165, 1.54) is 28.4 Å². The number of benzene rings is 2. The Labute approximate surface area is 203 Å². The Hall–Kier alpha value is -3.72. The zero-order valence-corrected chi connectivity index (χ0v) is 20.8. The van der Waals surface area contributed by atoms with Crippen molar-refractivity contribution in [2.24, 2.45) is 0 Å². The predicted molar refractivity (Wildman–Crippen MR) is 131 cm³/mol. The lowest BCUT2D eigenvalue weighted by molar-refractivity contribution is 0.0720. The zero-order chi connectivity index (χ0) is 25.3. The van der Waals surface area contributed by atoms with Crippen molar-refractivity contribution in [3.05, 3.63) is 57.4 Å². The fourth-order valence-corrected chi connectivity index (χ4v) is 4.58. The molecule has 1 aromatic heterocycles. The maximum Gasteiger partial charge on any atom is 0.290 e. The highest BCUT2D eigenvalue weighted by Gasteiger charge is 2.44. The number of hydrogen-bond donors (Lipinski definition) is 0. The molecule has 1 aliphatic rings. The summed E-state index contributed by atoms with van der Waals surface area (Å²) in [5.74, 6) is 1.48. The van der Waals surface area contributed by atoms with E-state index >= 15 is 0 Å². The summed E-state index contributed by atoms with van der Waals surface area (Å²) < 4.78 is 28.0. The van der Waals surface area contributed by atoms with Crippen LogP contribution in [0.25, 0.3) is 11.0 Å². The van der Waals surface area contributed by atoms with Crippen LogP contribution < -0.4 is 24.4 Å². The SMILES string of the molecule is COc1ccc2c(=O)c3c(oc2c1)C(=O)N(CCCN(C)C)C3c1ccc(OC)c(OC)c1OC. The van der Waals surface area contributed by atoms with Crippen LogP contribution in [-0.2, 0) is 0 Å². The van der Waals surface area contributed by atoms with Gasteiger partial charge in [0, 0.05) is 18.2 Å². The lowest BCUT2D eigenvalue weighted by Crippen LogP contribution is -2.32. The molecule has 0 fully saturated rings. The van der Waals surface area contributed by atoms with Crippen molar-refractivity contribution in [1.29, 1.82) is 0 Å². The minimum atomic E-state index is -0.711. The van der Waals surface area contributed by atoms with Gasteiger partial charge in [0.15, 0.2) is 16.9 Å². The summed E-state index contributed by atoms with van der Waals surface area (Å²) in [7, 11) is 10.0. The molecule has 4 rings (SSSR count). The molecule has 186 valence electrons. The molecule has 3 aromatic rings. The third-order valence-electron chi connectivity index (χ3n) is 6.21. The molecule has 0 aliphatic carbocycles. The number of amides is 1. The van der Waals surface area contributed by atoms with Crippen molar-refractivity contribution < 1.29 is 28.2 Å². The third kappa shape index (κ3) is 4.16. The Kier molecular flexibility index (Phi) is 6.88. The van der Waals surface area contributed by atoms with Gasteiger partial charge < -0.3 is 33.2 Å². The summed E-state index contributed by atoms with van der Waals surface area (Å²) in [6, 6.07) is 7.79. The maximum atomic E-state index is 13.8. The average molecular weight is 483 g/mol. The summed E-state index contributed by atoms with van der Waals surface area (Å²) in [4.78, 5) is 31.1. The third-order valence-corrected chi connectivity index (χ3v) is 6.21. The van der Waals surface area contributed by atoms with Gasteiger partial charge in [-0.2, -0.15) is 0 Å². The topological polar surface area (TPSA) is 90.7 Å². The van der Waals surface area contributed by atoms with Crippen LogP contribution in [0.4, 0.5) is 0 Å². The van der Waals surface area contributed by atoms with Crippen LogP contribution in [0.5, 0.6) is 23.0 Å². The number of methoxy groups -OCH3 is 4. The molecule has 0 saturated carbocycles. The van der Waals surface area contributed by atoms with E-state index in [2.05, 4.69) is 0 Å². The lowest BCUT2D eigenvalue weighted by Gasteiger charge is -2.27. The average Bonchev–Trinajstić information content (AvgIpc) is 3.13. The van der Waals surface area contributed by atoms with Gasteiger partial charge in [-0.1, -0.05) is 0 Å². The van der Waals surface area contributed by atoms with E-state index in [0.717, 1.165) is 6.54 Å². The van der Waals surface area contributed by atoms with Gasteiger partial charge in [-0.3, -0.25) is 9.59 Å². The first-order valence-electron chi connectivity index (χ1n) is 11.3. The first-order valence-corrected chi connectivity index (χ1v) is 11.3. The van der Waals surface area contributed by atoms with E-state index in [9.17, 15) is 9.59 Å². The van der Waals surface area contributed by atoms with Crippen LogP contribution in [0.15, 0.2) is 39.5 Å². The molecule has 2 aromatic carbocycles. The Morgan fingerprint density at radius 2 is 1.69 bits per heavy atom. The van der Waals surface area contributed by atoms with Crippen LogP contribution in [-0.4, -0.2) is 71.3 Å². The second-order valence-corrected chi connectivity index (χ2v) is 8.52. The van der Waals surface area contributed by atoms with Gasteiger partial charge in [0.1, 0.15) is 11.3 Å². The standard InChI is InChI=1S/C26H30N2O7/c1-27(2)12-7-13-28-21(17-10-11-18(32-4)24(34-6)23(17)33-5)20-22(29)16-9-8-15(31-3)14-19(16)35-25(20)26(28)30/h8-11,14,21H,7,12-13H2,1-6H3. The molecule has 1 amide bonds. The molecule has 0 bridgehead atoms. The Morgan fingerprint density at radius 1 is 0.943 bits per heavy atom. The maximum absolute atomic E-state index is 13.8. The molecule has 0 N–H and O–H groups in total. The van der Waals surface area contributed by atoms with Crippen molar-refractivity contribution in [3.63, 3.8) is 0 Å². The van der Waals surface area contributed by atoms with E-state index in [-0.39, 0.29) is 22.7 Å². The zero-order valence-electron chi connectivity index (χ0n) is 20.8. The minimum Gasteiger partial charge on any atom is -0.497 e. The number of fused-ring (bicyclic) bond motifs is 2. The van der Waals surface area contributed by atoms with Gasteiger partial charge in [-0.15, -0.1) is 0 Å². The molecule has 0 saturated heterocycles. The first kappa shape index (κ1) is 24.4. The molecule has 1 aliphatic heterocycles. The highest BCUT2D eigenvalue weighted by molar-refractivity contribution is 5.99. The van der Waals surface area contributed by atoms with Gasteiger partial charge in [-0.05, 0) is 51.3 Å². The van der Waals surface area contributed by atoms with Crippen LogP contribution in [0.3, 0.4) is 0 Å². The number of carbonyl (C=O) groups is 1. The molecular weight excluding hydrogens is 452 g/mol. The Morgan fingerprint density at radius 3 is 2.31 bits per heavy atom. The second-order valence-electron chi connectivity index (χ2n) is 8.52. The van der Waals surface area contributed by atoms with Crippen molar-refractivity contribution >= 4 is 16.9 Å². The number of ether oxygens (including phenoxy) is 4. The van der Waals surface area contributed by atoms with E-state index in [1.807, 2.05) is 19.0 Å². The van der Waals surface area contributed by atoms with Crippen LogP contribution in [0, 0.1) is 0 Å². The van der Waals surface area contributed by atoms with Crippen LogP contribution >= 0.6 is 0 Å². The van der Waals surface area contributed by atoms with Crippen LogP contribution in [0.2, 0.25) is 0 Å². The van der Waals surface area contributed by atoms with E-state index in [1.54, 1.807) is 35.2 Å². The van der Waals surface area contributed by atoms with E-state index in [0.29, 0.717) is 52.5 Å². The highest BCUT2D eigenvalue weighted by atomic mass is 16.5. The van der Waals surface area contributed by atoms with Gasteiger partial charge in [0.05, 0.1) is 45.4 Å². The quantitative estimate of drug-likeness (QED) is 0.459. The predicted octanol–water partition coefficient (Wildman–Crippen LogP) is 3.32. The molecule has 9 heteroatoms. The molecule has 0 radical (unpaired) electrons. The van der Waals surface area contributed by atoms with Gasteiger partial charge >= 0.3 is 0 Å². The molecule has 35 heavy (non-hydrogen) atoms. The number of carbonyl (C=O) groups excluding carboxylic acids is 1. The van der Waals surface area contributed by atoms with Crippen molar-refractivity contribution in [3.8, 4) is 23.0 Å². The summed E-state index contributed by atoms with van der Waals surface area (Å²) in [5, 5.41) is 0.372. The van der Waals surface area contributed by atoms with E-state index < -0.39 is 6.04 Å². The monoisotopic (exact) mass is 482 g/mol. The second kappa shape index (κ2) is 9.87. The number of rotatable bonds is 9. The molecule has 0 spiro atoms. The number of nitrogens with zero attached hydrogens (tertiary/aromatic N) is 2. The van der Waals surface area contributed by atoms with Gasteiger partial charge in [0.25, 0.3) is 5.91 Å². The largest absolute Gasteiger partial charge is 0.497 e. The minimum absolute atomic E-state index is 0.0300. The fraction of sp³-hybridized carbons (Fsp3) is 0.385. The highest BCUT2D eigenvalue weighted by Crippen LogP contribution is 2.47. The van der Waals surface area contributed by atoms with Gasteiger partial charge in [0.2, 0.25) is 11.5 Å². The number of hydrogen-bond acceptors (Lipinski definition) is 8. The first-order chi connectivity index (χ1) is 16.9. The van der Waals surface area contributed by atoms with Crippen LogP contribution in [0.1, 0.15) is 34.1 Å². The summed E-state index contributed by atoms with van der Waals surface area (Å²) in [5.41, 5.74) is 0.925. The van der Waals surface area contributed by atoms with E-state index in [4.69, 9.17) is 23.4 Å². The molecule has 1 atom stereocenters.